The number of hydrogen-bond donors (Lipinski definition) is 1. The molecule has 1 aliphatic rings. The highest BCUT2D eigenvalue weighted by atomic mass is 16.5. The van der Waals surface area contributed by atoms with Crippen molar-refractivity contribution in [2.45, 2.75) is 39.7 Å². The Morgan fingerprint density at radius 1 is 1.50 bits per heavy atom. The number of carbonyl (C=O) groups is 2. The van der Waals surface area contributed by atoms with Gasteiger partial charge < -0.3 is 9.84 Å². The molecule has 20 heavy (non-hydrogen) atoms. The van der Waals surface area contributed by atoms with E-state index in [-0.39, 0.29) is 12.2 Å². The minimum absolute atomic E-state index is 0.0131. The van der Waals surface area contributed by atoms with Gasteiger partial charge in [0.05, 0.1) is 7.11 Å². The average Bonchev–Trinajstić information content (AvgIpc) is 2.32. The first-order chi connectivity index (χ1) is 9.12. The van der Waals surface area contributed by atoms with E-state index in [2.05, 4.69) is 16.6 Å². The zero-order valence-corrected chi connectivity index (χ0v) is 12.5. The van der Waals surface area contributed by atoms with Gasteiger partial charge in [0.1, 0.15) is 0 Å². The molecule has 0 aromatic heterocycles. The maximum absolute atomic E-state index is 11.6. The monoisotopic (exact) mass is 276 g/mol. The molecule has 0 aromatic rings. The van der Waals surface area contributed by atoms with Crippen LogP contribution < -0.4 is 0 Å². The highest BCUT2D eigenvalue weighted by Crippen LogP contribution is 2.42. The second-order valence-corrected chi connectivity index (χ2v) is 5.67. The van der Waals surface area contributed by atoms with Crippen LogP contribution in [0.4, 0.5) is 0 Å². The predicted molar refractivity (Wildman–Crippen MR) is 75.7 cm³/mol. The first kappa shape index (κ1) is 16.2. The van der Waals surface area contributed by atoms with Crippen molar-refractivity contribution in [3.8, 4) is 11.8 Å². The second kappa shape index (κ2) is 5.64. The van der Waals surface area contributed by atoms with Gasteiger partial charge in [0.25, 0.3) is 0 Å². The summed E-state index contributed by atoms with van der Waals surface area (Å²) in [6, 6.07) is 0. The Bertz CT molecular complexity index is 555. The van der Waals surface area contributed by atoms with Crippen LogP contribution in [0, 0.1) is 17.3 Å². The van der Waals surface area contributed by atoms with Gasteiger partial charge in [-0.3, -0.25) is 4.79 Å². The van der Waals surface area contributed by atoms with Crippen molar-refractivity contribution in [3.05, 3.63) is 23.3 Å². The average molecular weight is 276 g/mol. The van der Waals surface area contributed by atoms with Crippen molar-refractivity contribution in [2.75, 3.05) is 7.11 Å². The topological polar surface area (TPSA) is 63.6 Å². The Hall–Kier alpha value is -1.86. The summed E-state index contributed by atoms with van der Waals surface area (Å²) in [7, 11) is 1.29. The molecule has 1 atom stereocenters. The van der Waals surface area contributed by atoms with Gasteiger partial charge in [-0.15, -0.1) is 0 Å². The van der Waals surface area contributed by atoms with E-state index in [4.69, 9.17) is 0 Å². The molecule has 0 saturated carbocycles. The molecule has 0 amide bonds. The van der Waals surface area contributed by atoms with E-state index in [9.17, 15) is 14.7 Å². The summed E-state index contributed by atoms with van der Waals surface area (Å²) in [6.45, 7) is 6.95. The number of allylic oxidation sites excluding steroid dienone is 2. The molecular formula is C16H20O4. The fraction of sp³-hybridized carbons (Fsp3) is 0.500. The van der Waals surface area contributed by atoms with Crippen molar-refractivity contribution in [1.29, 1.82) is 0 Å². The van der Waals surface area contributed by atoms with E-state index in [1.165, 1.54) is 19.3 Å². The summed E-state index contributed by atoms with van der Waals surface area (Å²) in [5.74, 6) is 5.06. The molecule has 0 aromatic carbocycles. The second-order valence-electron chi connectivity index (χ2n) is 5.67. The van der Waals surface area contributed by atoms with E-state index >= 15 is 0 Å². The number of hydrogen-bond acceptors (Lipinski definition) is 4. The first-order valence-electron chi connectivity index (χ1n) is 6.36. The highest BCUT2D eigenvalue weighted by molar-refractivity contribution is 5.93. The van der Waals surface area contributed by atoms with Gasteiger partial charge in [0, 0.05) is 23.5 Å². The SMILES string of the molecule is COC(=O)C=C(C)C#C[C@@]1(O)C(C)=CC(=O)CC1(C)C. The molecule has 1 rings (SSSR count). The summed E-state index contributed by atoms with van der Waals surface area (Å²) in [6.07, 6.45) is 2.92. The van der Waals surface area contributed by atoms with E-state index in [0.717, 1.165) is 0 Å². The molecule has 0 radical (unpaired) electrons. The van der Waals surface area contributed by atoms with Gasteiger partial charge in [-0.25, -0.2) is 4.79 Å². The number of ketones is 1. The smallest absolute Gasteiger partial charge is 0.331 e. The van der Waals surface area contributed by atoms with Crippen LogP contribution in [0.3, 0.4) is 0 Å². The predicted octanol–water partition coefficient (Wildman–Crippen LogP) is 1.79. The number of methoxy groups -OCH3 is 1. The molecule has 0 fully saturated rings. The van der Waals surface area contributed by atoms with Crippen LogP contribution in [0.2, 0.25) is 0 Å². The van der Waals surface area contributed by atoms with Crippen LogP contribution in [0.25, 0.3) is 0 Å². The third kappa shape index (κ3) is 3.17. The Kier molecular flexibility index (Phi) is 4.57. The fourth-order valence-electron chi connectivity index (χ4n) is 2.22. The van der Waals surface area contributed by atoms with Crippen LogP contribution in [0.5, 0.6) is 0 Å². The minimum Gasteiger partial charge on any atom is -0.466 e. The largest absolute Gasteiger partial charge is 0.466 e. The Morgan fingerprint density at radius 3 is 2.60 bits per heavy atom. The summed E-state index contributed by atoms with van der Waals surface area (Å²) in [4.78, 5) is 22.7. The van der Waals surface area contributed by atoms with E-state index < -0.39 is 17.0 Å². The molecule has 0 heterocycles. The molecule has 0 spiro atoms. The Morgan fingerprint density at radius 2 is 2.10 bits per heavy atom. The number of aliphatic hydroxyl groups is 1. The van der Waals surface area contributed by atoms with Crippen molar-refractivity contribution in [1.82, 2.24) is 0 Å². The third-order valence-electron chi connectivity index (χ3n) is 3.52. The Labute approximate surface area is 119 Å². The van der Waals surface area contributed by atoms with Crippen LogP contribution >= 0.6 is 0 Å². The number of rotatable bonds is 1. The fourth-order valence-corrected chi connectivity index (χ4v) is 2.22. The molecule has 0 unspecified atom stereocenters. The maximum atomic E-state index is 11.6. The zero-order valence-electron chi connectivity index (χ0n) is 12.5. The molecule has 108 valence electrons. The zero-order chi connectivity index (χ0) is 15.6. The summed E-state index contributed by atoms with van der Waals surface area (Å²) < 4.78 is 4.51. The molecule has 0 bridgehead atoms. The quantitative estimate of drug-likeness (QED) is 0.450. The van der Waals surface area contributed by atoms with Gasteiger partial charge in [-0.2, -0.15) is 0 Å². The molecule has 1 N–H and O–H groups in total. The van der Waals surface area contributed by atoms with Crippen LogP contribution in [-0.4, -0.2) is 29.6 Å². The standard InChI is InChI=1S/C16H20O4/c1-11(8-14(18)20-5)6-7-16(19)12(2)9-13(17)10-15(16,3)4/h8-9,19H,10H2,1-5H3/t16-/m1/s1. The normalized spacial score (nSPS) is 25.4. The van der Waals surface area contributed by atoms with Gasteiger partial charge in [0.15, 0.2) is 11.4 Å². The summed E-state index contributed by atoms with van der Waals surface area (Å²) in [5.41, 5.74) is -1.05. The van der Waals surface area contributed by atoms with Gasteiger partial charge in [-0.05, 0) is 25.5 Å². The molecule has 1 aliphatic carbocycles. The third-order valence-corrected chi connectivity index (χ3v) is 3.52. The number of carbonyl (C=O) groups excluding carboxylic acids is 2. The van der Waals surface area contributed by atoms with Crippen LogP contribution in [-0.2, 0) is 14.3 Å². The van der Waals surface area contributed by atoms with Crippen molar-refractivity contribution >= 4 is 11.8 Å². The first-order valence-corrected chi connectivity index (χ1v) is 6.36. The Balaban J connectivity index is 3.18. The van der Waals surface area contributed by atoms with E-state index in [0.29, 0.717) is 11.1 Å². The van der Waals surface area contributed by atoms with Gasteiger partial charge >= 0.3 is 5.97 Å². The lowest BCUT2D eigenvalue weighted by Gasteiger charge is -2.42. The molecule has 4 heteroatoms. The lowest BCUT2D eigenvalue weighted by molar-refractivity contribution is -0.134. The molecule has 4 nitrogen and oxygen atoms in total. The lowest BCUT2D eigenvalue weighted by atomic mass is 9.65. The van der Waals surface area contributed by atoms with Gasteiger partial charge in [0.2, 0.25) is 0 Å². The van der Waals surface area contributed by atoms with Crippen molar-refractivity contribution in [2.24, 2.45) is 5.41 Å². The number of esters is 1. The summed E-state index contributed by atoms with van der Waals surface area (Å²) in [5, 5.41) is 10.8. The lowest BCUT2D eigenvalue weighted by Crippen LogP contribution is -2.48. The molecule has 0 aliphatic heterocycles. The van der Waals surface area contributed by atoms with Crippen LogP contribution in [0.1, 0.15) is 34.1 Å². The van der Waals surface area contributed by atoms with E-state index in [1.54, 1.807) is 27.7 Å². The maximum Gasteiger partial charge on any atom is 0.331 e. The van der Waals surface area contributed by atoms with E-state index in [1.807, 2.05) is 0 Å². The molecular weight excluding hydrogens is 256 g/mol. The molecule has 0 saturated heterocycles. The van der Waals surface area contributed by atoms with Crippen molar-refractivity contribution < 1.29 is 19.4 Å². The van der Waals surface area contributed by atoms with Crippen LogP contribution in [0.15, 0.2) is 23.3 Å². The van der Waals surface area contributed by atoms with Crippen molar-refractivity contribution in [3.63, 3.8) is 0 Å². The number of ether oxygens (including phenoxy) is 1. The highest BCUT2D eigenvalue weighted by Gasteiger charge is 2.47. The van der Waals surface area contributed by atoms with Gasteiger partial charge in [-0.1, -0.05) is 25.7 Å². The summed E-state index contributed by atoms with van der Waals surface area (Å²) >= 11 is 0. The minimum atomic E-state index is -1.38.